The van der Waals surface area contributed by atoms with Gasteiger partial charge in [-0.15, -0.1) is 0 Å². The molecular formula is C16H20N2O2. The van der Waals surface area contributed by atoms with E-state index in [9.17, 15) is 9.90 Å². The molecule has 0 fully saturated rings. The van der Waals surface area contributed by atoms with E-state index in [-0.39, 0.29) is 11.7 Å². The Labute approximate surface area is 118 Å². The maximum absolute atomic E-state index is 12.0. The smallest absolute Gasteiger partial charge is 0.269 e. The minimum Gasteiger partial charge on any atom is -0.505 e. The zero-order valence-electron chi connectivity index (χ0n) is 12.2. The van der Waals surface area contributed by atoms with Crippen LogP contribution in [-0.2, 0) is 0 Å². The number of carbonyl (C=O) groups excluding carboxylic acids is 1. The summed E-state index contributed by atoms with van der Waals surface area (Å²) in [4.78, 5) is 16.3. The molecule has 1 aromatic heterocycles. The van der Waals surface area contributed by atoms with Crippen molar-refractivity contribution in [2.75, 3.05) is 6.54 Å². The summed E-state index contributed by atoms with van der Waals surface area (Å²) < 4.78 is 0. The number of benzene rings is 1. The van der Waals surface area contributed by atoms with Crippen molar-refractivity contribution in [2.45, 2.75) is 33.6 Å². The minimum atomic E-state index is -0.195. The van der Waals surface area contributed by atoms with Gasteiger partial charge in [-0.3, -0.25) is 4.79 Å². The van der Waals surface area contributed by atoms with Crippen LogP contribution in [-0.4, -0.2) is 22.5 Å². The van der Waals surface area contributed by atoms with Gasteiger partial charge in [-0.05, 0) is 37.5 Å². The molecule has 1 aromatic carbocycles. The number of unbranched alkanes of at least 4 members (excludes halogenated alkanes) is 1. The number of hydrogen-bond acceptors (Lipinski definition) is 3. The first-order chi connectivity index (χ1) is 9.54. The fourth-order valence-electron chi connectivity index (χ4n) is 2.21. The van der Waals surface area contributed by atoms with Gasteiger partial charge in [0.05, 0.1) is 0 Å². The van der Waals surface area contributed by atoms with E-state index in [2.05, 4.69) is 17.2 Å². The lowest BCUT2D eigenvalue weighted by molar-refractivity contribution is 0.0948. The number of nitrogens with one attached hydrogen (secondary N) is 1. The number of hydrogen-bond donors (Lipinski definition) is 2. The molecule has 0 atom stereocenters. The number of fused-ring (bicyclic) bond motifs is 1. The molecule has 0 radical (unpaired) electrons. The Balaban J connectivity index is 2.38. The van der Waals surface area contributed by atoms with Crippen LogP contribution in [0.4, 0.5) is 0 Å². The molecule has 0 aliphatic heterocycles. The van der Waals surface area contributed by atoms with Crippen molar-refractivity contribution in [1.29, 1.82) is 0 Å². The first-order valence-electron chi connectivity index (χ1n) is 6.92. The maximum Gasteiger partial charge on any atom is 0.269 e. The molecule has 0 aliphatic carbocycles. The third-order valence-corrected chi connectivity index (χ3v) is 3.40. The van der Waals surface area contributed by atoms with Crippen molar-refractivity contribution in [3.05, 3.63) is 35.0 Å². The first-order valence-corrected chi connectivity index (χ1v) is 6.92. The molecule has 0 bridgehead atoms. The molecule has 1 amide bonds. The van der Waals surface area contributed by atoms with Gasteiger partial charge in [0.1, 0.15) is 17.0 Å². The number of aryl methyl sites for hydroxylation is 2. The summed E-state index contributed by atoms with van der Waals surface area (Å²) in [5.74, 6) is -0.0484. The predicted octanol–water partition coefficient (Wildman–Crippen LogP) is 3.09. The molecular weight excluding hydrogens is 252 g/mol. The van der Waals surface area contributed by atoms with Crippen molar-refractivity contribution in [1.82, 2.24) is 10.3 Å². The van der Waals surface area contributed by atoms with Crippen LogP contribution in [0.25, 0.3) is 10.9 Å². The molecule has 1 heterocycles. The normalized spacial score (nSPS) is 10.8. The van der Waals surface area contributed by atoms with Crippen molar-refractivity contribution in [3.63, 3.8) is 0 Å². The number of phenolic OH excluding ortho intramolecular Hbond substituents is 1. The highest BCUT2D eigenvalue weighted by Crippen LogP contribution is 2.29. The molecule has 4 heteroatoms. The fraction of sp³-hybridized carbons (Fsp3) is 0.375. The van der Waals surface area contributed by atoms with E-state index in [4.69, 9.17) is 0 Å². The van der Waals surface area contributed by atoms with Gasteiger partial charge in [0.2, 0.25) is 0 Å². The molecule has 4 nitrogen and oxygen atoms in total. The average Bonchev–Trinajstić information content (AvgIpc) is 2.44. The number of aromatic hydroxyl groups is 1. The van der Waals surface area contributed by atoms with Crippen molar-refractivity contribution >= 4 is 16.8 Å². The molecule has 0 aliphatic rings. The monoisotopic (exact) mass is 272 g/mol. The zero-order chi connectivity index (χ0) is 14.7. The summed E-state index contributed by atoms with van der Waals surface area (Å²) in [7, 11) is 0. The average molecular weight is 272 g/mol. The molecule has 106 valence electrons. The standard InChI is InChI=1S/C16H20N2O2/c1-4-5-8-17-16(20)13-7-6-12-10(2)9-11(3)15(19)14(12)18-13/h6-7,9,19H,4-5,8H2,1-3H3,(H,17,20). The van der Waals surface area contributed by atoms with Gasteiger partial charge in [0.25, 0.3) is 5.91 Å². The Morgan fingerprint density at radius 3 is 2.75 bits per heavy atom. The van der Waals surface area contributed by atoms with Gasteiger partial charge >= 0.3 is 0 Å². The zero-order valence-corrected chi connectivity index (χ0v) is 12.2. The van der Waals surface area contributed by atoms with Crippen LogP contribution in [0.5, 0.6) is 5.75 Å². The van der Waals surface area contributed by atoms with E-state index in [0.29, 0.717) is 17.8 Å². The summed E-state index contributed by atoms with van der Waals surface area (Å²) in [5.41, 5.74) is 2.64. The number of carbonyl (C=O) groups is 1. The molecule has 0 saturated carbocycles. The molecule has 2 rings (SSSR count). The molecule has 20 heavy (non-hydrogen) atoms. The second-order valence-corrected chi connectivity index (χ2v) is 5.06. The summed E-state index contributed by atoms with van der Waals surface area (Å²) in [6, 6.07) is 5.46. The lowest BCUT2D eigenvalue weighted by Crippen LogP contribution is -2.25. The van der Waals surface area contributed by atoms with Crippen molar-refractivity contribution in [2.24, 2.45) is 0 Å². The molecule has 2 N–H and O–H groups in total. The maximum atomic E-state index is 12.0. The van der Waals surface area contributed by atoms with E-state index in [1.807, 2.05) is 26.0 Å². The Bertz CT molecular complexity index is 650. The number of phenols is 1. The Hall–Kier alpha value is -2.10. The molecule has 2 aromatic rings. The SMILES string of the molecule is CCCCNC(=O)c1ccc2c(C)cc(C)c(O)c2n1. The van der Waals surface area contributed by atoms with E-state index in [0.717, 1.165) is 29.4 Å². The fourth-order valence-corrected chi connectivity index (χ4v) is 2.21. The number of rotatable bonds is 4. The van der Waals surface area contributed by atoms with Crippen LogP contribution in [0.2, 0.25) is 0 Å². The van der Waals surface area contributed by atoms with Crippen LogP contribution in [0.15, 0.2) is 18.2 Å². The lowest BCUT2D eigenvalue weighted by Gasteiger charge is -2.09. The summed E-state index contributed by atoms with van der Waals surface area (Å²) in [5, 5.41) is 13.8. The van der Waals surface area contributed by atoms with Crippen molar-refractivity contribution in [3.8, 4) is 5.75 Å². The Morgan fingerprint density at radius 2 is 2.05 bits per heavy atom. The van der Waals surface area contributed by atoms with Gasteiger partial charge in [0, 0.05) is 11.9 Å². The van der Waals surface area contributed by atoms with Crippen LogP contribution in [0.3, 0.4) is 0 Å². The van der Waals surface area contributed by atoms with E-state index < -0.39 is 0 Å². The number of aromatic nitrogens is 1. The van der Waals surface area contributed by atoms with Crippen molar-refractivity contribution < 1.29 is 9.90 Å². The molecule has 0 saturated heterocycles. The number of nitrogens with zero attached hydrogens (tertiary/aromatic N) is 1. The number of amides is 1. The Kier molecular flexibility index (Phi) is 4.23. The van der Waals surface area contributed by atoms with Gasteiger partial charge < -0.3 is 10.4 Å². The van der Waals surface area contributed by atoms with Crippen LogP contribution in [0.1, 0.15) is 41.4 Å². The second-order valence-electron chi connectivity index (χ2n) is 5.06. The Morgan fingerprint density at radius 1 is 1.30 bits per heavy atom. The quantitative estimate of drug-likeness (QED) is 0.841. The van der Waals surface area contributed by atoms with Crippen LogP contribution >= 0.6 is 0 Å². The highest BCUT2D eigenvalue weighted by atomic mass is 16.3. The van der Waals surface area contributed by atoms with E-state index in [1.54, 1.807) is 6.07 Å². The number of pyridine rings is 1. The predicted molar refractivity (Wildman–Crippen MR) is 80.1 cm³/mol. The molecule has 0 unspecified atom stereocenters. The third kappa shape index (κ3) is 2.74. The van der Waals surface area contributed by atoms with E-state index in [1.165, 1.54) is 0 Å². The van der Waals surface area contributed by atoms with Gasteiger partial charge in [-0.25, -0.2) is 4.98 Å². The first kappa shape index (κ1) is 14.3. The minimum absolute atomic E-state index is 0.147. The lowest BCUT2D eigenvalue weighted by atomic mass is 10.0. The van der Waals surface area contributed by atoms with Crippen LogP contribution in [0, 0.1) is 13.8 Å². The third-order valence-electron chi connectivity index (χ3n) is 3.40. The highest BCUT2D eigenvalue weighted by molar-refractivity contribution is 5.97. The summed E-state index contributed by atoms with van der Waals surface area (Å²) >= 11 is 0. The topological polar surface area (TPSA) is 62.2 Å². The van der Waals surface area contributed by atoms with Crippen LogP contribution < -0.4 is 5.32 Å². The van der Waals surface area contributed by atoms with E-state index >= 15 is 0 Å². The van der Waals surface area contributed by atoms with Gasteiger partial charge in [0.15, 0.2) is 0 Å². The summed E-state index contributed by atoms with van der Waals surface area (Å²) in [6.07, 6.45) is 1.98. The highest BCUT2D eigenvalue weighted by Gasteiger charge is 2.12. The largest absolute Gasteiger partial charge is 0.505 e. The second kappa shape index (κ2) is 5.90. The summed E-state index contributed by atoms with van der Waals surface area (Å²) in [6.45, 7) is 6.52. The van der Waals surface area contributed by atoms with Gasteiger partial charge in [-0.1, -0.05) is 25.5 Å². The van der Waals surface area contributed by atoms with Gasteiger partial charge in [-0.2, -0.15) is 0 Å². The molecule has 0 spiro atoms.